The summed E-state index contributed by atoms with van der Waals surface area (Å²) in [4.78, 5) is -1.02. The van der Waals surface area contributed by atoms with Gasteiger partial charge in [-0.05, 0) is 203 Å². The Morgan fingerprint density at radius 1 is 0.324 bits per heavy atom. The van der Waals surface area contributed by atoms with Crippen molar-refractivity contribution in [3.8, 4) is 68.2 Å². The highest BCUT2D eigenvalue weighted by Gasteiger charge is 2.30. The van der Waals surface area contributed by atoms with Crippen LogP contribution in [0.4, 0.5) is 22.7 Å². The van der Waals surface area contributed by atoms with Crippen LogP contribution in [0.15, 0.2) is 168 Å². The summed E-state index contributed by atoms with van der Waals surface area (Å²) in [6, 6.07) is 45.1. The smallest absolute Gasteiger partial charge is 0.394 e. The van der Waals surface area contributed by atoms with E-state index in [9.17, 15) is 25.9 Å². The van der Waals surface area contributed by atoms with E-state index in [1.165, 1.54) is 46.5 Å². The Labute approximate surface area is 407 Å². The maximum atomic E-state index is 12.2. The van der Waals surface area contributed by atoms with E-state index in [-0.39, 0.29) is 17.9 Å². The van der Waals surface area contributed by atoms with Gasteiger partial charge in [0.05, 0.1) is 0 Å². The van der Waals surface area contributed by atoms with Crippen LogP contribution in [0.1, 0.15) is 22.3 Å². The van der Waals surface area contributed by atoms with Gasteiger partial charge in [-0.2, -0.15) is 25.3 Å². The summed E-state index contributed by atoms with van der Waals surface area (Å²) in [5, 5.41) is 0. The molecule has 0 aliphatic heterocycles. The molecular weight excluding hydrogens is 977 g/mol. The van der Waals surface area contributed by atoms with Gasteiger partial charge in [0.1, 0.15) is 55.8 Å². The summed E-state index contributed by atoms with van der Waals surface area (Å²) in [7, 11) is -14.1. The first-order valence-electron chi connectivity index (χ1n) is 20.9. The van der Waals surface area contributed by atoms with Gasteiger partial charge in [-0.25, -0.2) is 0 Å². The number of benzene rings is 8. The van der Waals surface area contributed by atoms with E-state index in [0.717, 1.165) is 40.8 Å². The first-order chi connectivity index (χ1) is 33.5. The van der Waals surface area contributed by atoms with Crippen molar-refractivity contribution in [2.24, 2.45) is 0 Å². The van der Waals surface area contributed by atoms with Crippen LogP contribution in [0.5, 0.6) is 46.0 Å². The molecule has 2 aliphatic carbocycles. The van der Waals surface area contributed by atoms with Gasteiger partial charge in [-0.3, -0.25) is 18.2 Å². The lowest BCUT2D eigenvalue weighted by atomic mass is 10.1. The summed E-state index contributed by atoms with van der Waals surface area (Å²) in [6.07, 6.45) is 1.13. The third-order valence-corrected chi connectivity index (χ3v) is 12.6. The summed E-state index contributed by atoms with van der Waals surface area (Å²) < 4.78 is 124. The molecule has 0 unspecified atom stereocenters. The Morgan fingerprint density at radius 2 is 0.577 bits per heavy atom. The fraction of sp³-hybridized carbons (Fsp3) is 0.0400. The second-order valence-electron chi connectivity index (χ2n) is 16.0. The number of hydrogen-bond acceptors (Lipinski definition) is 14. The lowest BCUT2D eigenvalue weighted by molar-refractivity contribution is 0.380. The molecule has 0 atom stereocenters. The van der Waals surface area contributed by atoms with Gasteiger partial charge in [0.25, 0.3) is 20.2 Å². The molecule has 0 fully saturated rings. The third kappa shape index (κ3) is 12.4. The van der Waals surface area contributed by atoms with Gasteiger partial charge in [0.15, 0.2) is 0 Å². The maximum absolute atomic E-state index is 12.2. The molecule has 12 N–H and O–H groups in total. The second-order valence-corrected chi connectivity index (χ2v) is 19.7. The Hall–Kier alpha value is -8.15. The predicted molar refractivity (Wildman–Crippen MR) is 267 cm³/mol. The molecule has 21 heteroatoms. The standard InChI is InChI=1S/C25H20N2O8S2.C25H20N2O2.H2O4S/c26-16-1-5-18(6-2-16)34-22-10-14-9-15-11-23(35-19-7-3-17(27)4-8-19)25(37(31,32)33)13-21(15)20(14)12-24(22)36(28,29)30;26-18-1-5-20(6-2-18)28-22-9-11-24-16(14-22)13-17-15-23(10-12-25(17)24)29-21-7-3-19(27)4-8-21;1-5(2,3)4/h1-8,10-13H,9,26-27H2,(H,28,29,30)(H,31,32,33);1-12,14-15H,13,26-27H2;(H2,1,2,3,4). The molecule has 0 heterocycles. The molecule has 364 valence electrons. The van der Waals surface area contributed by atoms with E-state index in [2.05, 4.69) is 24.3 Å². The van der Waals surface area contributed by atoms with Crippen molar-refractivity contribution in [2.75, 3.05) is 22.9 Å². The molecule has 8 aromatic carbocycles. The quantitative estimate of drug-likeness (QED) is 0.0466. The number of fused-ring (bicyclic) bond motifs is 6. The van der Waals surface area contributed by atoms with Crippen LogP contribution in [0, 0.1) is 0 Å². The van der Waals surface area contributed by atoms with Gasteiger partial charge in [-0.1, -0.05) is 12.1 Å². The zero-order valence-corrected chi connectivity index (χ0v) is 39.3. The van der Waals surface area contributed by atoms with E-state index in [1.54, 1.807) is 48.5 Å². The van der Waals surface area contributed by atoms with E-state index >= 15 is 0 Å². The summed E-state index contributed by atoms with van der Waals surface area (Å²) >= 11 is 0. The zero-order chi connectivity index (χ0) is 50.8. The van der Waals surface area contributed by atoms with Crippen LogP contribution in [-0.4, -0.2) is 43.5 Å². The molecule has 8 aromatic rings. The highest BCUT2D eigenvalue weighted by molar-refractivity contribution is 7.86. The normalized spacial score (nSPS) is 12.1. The van der Waals surface area contributed by atoms with Gasteiger partial charge in [0, 0.05) is 22.7 Å². The Morgan fingerprint density at radius 3 is 0.859 bits per heavy atom. The fourth-order valence-corrected chi connectivity index (χ4v) is 8.97. The van der Waals surface area contributed by atoms with E-state index in [0.29, 0.717) is 45.1 Å². The van der Waals surface area contributed by atoms with Crippen LogP contribution in [0.3, 0.4) is 0 Å². The Bertz CT molecular complexity index is 3420. The van der Waals surface area contributed by atoms with Crippen molar-refractivity contribution in [1.29, 1.82) is 0 Å². The minimum atomic E-state index is -4.73. The van der Waals surface area contributed by atoms with Crippen LogP contribution in [0.25, 0.3) is 22.3 Å². The Balaban J connectivity index is 0.000000178. The monoisotopic (exact) mass is 1020 g/mol. The molecule has 0 amide bonds. The molecule has 0 aromatic heterocycles. The molecule has 0 spiro atoms. The lowest BCUT2D eigenvalue weighted by Gasteiger charge is -2.13. The molecule has 0 saturated carbocycles. The number of nitrogen functional groups attached to an aromatic ring is 4. The summed E-state index contributed by atoms with van der Waals surface area (Å²) in [6.45, 7) is 0. The van der Waals surface area contributed by atoms with E-state index < -0.39 is 40.4 Å². The number of ether oxygens (including phenoxy) is 4. The van der Waals surface area contributed by atoms with Crippen molar-refractivity contribution >= 4 is 53.4 Å². The van der Waals surface area contributed by atoms with Gasteiger partial charge < -0.3 is 41.9 Å². The van der Waals surface area contributed by atoms with Crippen molar-refractivity contribution < 1.29 is 62.4 Å². The molecule has 0 bridgehead atoms. The zero-order valence-electron chi connectivity index (χ0n) is 36.8. The largest absolute Gasteiger partial charge is 0.457 e. The predicted octanol–water partition coefficient (Wildman–Crippen LogP) is 9.85. The van der Waals surface area contributed by atoms with Gasteiger partial charge in [0.2, 0.25) is 0 Å². The number of nitrogens with two attached hydrogens (primary N) is 4. The number of hydrogen-bond donors (Lipinski definition) is 8. The third-order valence-electron chi connectivity index (χ3n) is 10.8. The number of anilines is 4. The molecule has 0 saturated heterocycles. The fourth-order valence-electron chi connectivity index (χ4n) is 7.73. The first-order valence-corrected chi connectivity index (χ1v) is 25.2. The molecule has 10 rings (SSSR count). The molecular formula is C50H42N4O14S3. The summed E-state index contributed by atoms with van der Waals surface area (Å²) in [5.41, 5.74) is 32.2. The first kappa shape index (κ1) is 49.3. The highest BCUT2D eigenvalue weighted by Crippen LogP contribution is 2.46. The van der Waals surface area contributed by atoms with Gasteiger partial charge in [-0.15, -0.1) is 0 Å². The van der Waals surface area contributed by atoms with Crippen molar-refractivity contribution in [3.63, 3.8) is 0 Å². The van der Waals surface area contributed by atoms with Crippen LogP contribution >= 0.6 is 0 Å². The van der Waals surface area contributed by atoms with Crippen LogP contribution < -0.4 is 41.9 Å². The van der Waals surface area contributed by atoms with Crippen molar-refractivity contribution in [3.05, 3.63) is 180 Å². The summed E-state index contributed by atoms with van der Waals surface area (Å²) in [5.74, 6) is 3.53. The number of rotatable bonds is 10. The molecule has 2 aliphatic rings. The van der Waals surface area contributed by atoms with Crippen molar-refractivity contribution in [1.82, 2.24) is 0 Å². The minimum absolute atomic E-state index is 0.118. The Kier molecular flexibility index (Phi) is 13.7. The second kappa shape index (κ2) is 19.7. The van der Waals surface area contributed by atoms with Crippen molar-refractivity contribution in [2.45, 2.75) is 22.6 Å². The lowest BCUT2D eigenvalue weighted by Crippen LogP contribution is -2.03. The molecule has 71 heavy (non-hydrogen) atoms. The average molecular weight is 1020 g/mol. The van der Waals surface area contributed by atoms with Crippen LogP contribution in [0.2, 0.25) is 0 Å². The molecule has 0 radical (unpaired) electrons. The SMILES string of the molecule is Nc1ccc(Oc2cc3c(cc2S(=O)(=O)O)-c2cc(S(=O)(=O)O)c(Oc4ccc(N)cc4)cc2C3)cc1.Nc1ccc(Oc2ccc3c(c2)Cc2cc(Oc4ccc(N)cc4)ccc2-3)cc1.O=S(=O)(O)O. The van der Waals surface area contributed by atoms with Crippen LogP contribution in [-0.2, 0) is 43.5 Å². The minimum Gasteiger partial charge on any atom is -0.457 e. The highest BCUT2D eigenvalue weighted by atomic mass is 32.3. The van der Waals surface area contributed by atoms with Gasteiger partial charge >= 0.3 is 10.4 Å². The topological polar surface area (TPSA) is 324 Å². The maximum Gasteiger partial charge on any atom is 0.394 e. The van der Waals surface area contributed by atoms with E-state index in [1.807, 2.05) is 60.7 Å². The molecule has 18 nitrogen and oxygen atoms in total. The van der Waals surface area contributed by atoms with E-state index in [4.69, 9.17) is 59.4 Å². The average Bonchev–Trinajstić information content (AvgIpc) is 3.84.